The zero-order valence-corrected chi connectivity index (χ0v) is 10.2. The highest BCUT2D eigenvalue weighted by atomic mass is 16.2. The van der Waals surface area contributed by atoms with Crippen molar-refractivity contribution in [3.05, 3.63) is 35.4 Å². The first-order chi connectivity index (χ1) is 7.54. The Morgan fingerprint density at radius 2 is 1.94 bits per heavy atom. The van der Waals surface area contributed by atoms with E-state index in [9.17, 15) is 4.79 Å². The fraction of sp³-hybridized carbons (Fsp3) is 0.462. The van der Waals surface area contributed by atoms with Gasteiger partial charge in [0.05, 0.1) is 12.1 Å². The van der Waals surface area contributed by atoms with Gasteiger partial charge in [-0.1, -0.05) is 36.8 Å². The standard InChI is InChI=1S/C13H20N2O/c1-4-12(14)13(16)15-10(3)11-7-5-9(2)6-8-11/h5-8,10,12H,4,14H2,1-3H3,(H,15,16)/t10-,12+/m1/s1. The molecule has 0 radical (unpaired) electrons. The first-order valence-electron chi connectivity index (χ1n) is 5.67. The number of carbonyl (C=O) groups excluding carboxylic acids is 1. The Labute approximate surface area is 97.0 Å². The van der Waals surface area contributed by atoms with Gasteiger partial charge >= 0.3 is 0 Å². The first-order valence-corrected chi connectivity index (χ1v) is 5.67. The Balaban J connectivity index is 2.62. The van der Waals surface area contributed by atoms with E-state index in [1.54, 1.807) is 0 Å². The molecular formula is C13H20N2O. The summed E-state index contributed by atoms with van der Waals surface area (Å²) < 4.78 is 0. The van der Waals surface area contributed by atoms with Gasteiger partial charge < -0.3 is 11.1 Å². The minimum Gasteiger partial charge on any atom is -0.348 e. The van der Waals surface area contributed by atoms with Crippen molar-refractivity contribution in [2.75, 3.05) is 0 Å². The number of hydrogen-bond donors (Lipinski definition) is 2. The maximum atomic E-state index is 11.6. The molecule has 3 heteroatoms. The number of benzene rings is 1. The van der Waals surface area contributed by atoms with E-state index in [-0.39, 0.29) is 11.9 Å². The van der Waals surface area contributed by atoms with E-state index in [1.807, 2.05) is 45.0 Å². The average Bonchev–Trinajstić information content (AvgIpc) is 2.28. The summed E-state index contributed by atoms with van der Waals surface area (Å²) in [6, 6.07) is 7.73. The maximum absolute atomic E-state index is 11.6. The number of hydrogen-bond acceptors (Lipinski definition) is 2. The van der Waals surface area contributed by atoms with Gasteiger partial charge in [0.15, 0.2) is 0 Å². The SMILES string of the molecule is CC[C@H](N)C(=O)N[C@H](C)c1ccc(C)cc1. The maximum Gasteiger partial charge on any atom is 0.237 e. The van der Waals surface area contributed by atoms with Crippen LogP contribution < -0.4 is 11.1 Å². The molecule has 0 unspecified atom stereocenters. The quantitative estimate of drug-likeness (QED) is 0.814. The Hall–Kier alpha value is -1.35. The molecular weight excluding hydrogens is 200 g/mol. The second kappa shape index (κ2) is 5.66. The molecule has 0 fully saturated rings. The van der Waals surface area contributed by atoms with Crippen molar-refractivity contribution >= 4 is 5.91 Å². The van der Waals surface area contributed by atoms with E-state index in [4.69, 9.17) is 5.73 Å². The van der Waals surface area contributed by atoms with Crippen LogP contribution in [0.2, 0.25) is 0 Å². The van der Waals surface area contributed by atoms with Crippen LogP contribution in [0.15, 0.2) is 24.3 Å². The molecule has 1 aromatic carbocycles. The number of aryl methyl sites for hydroxylation is 1. The number of nitrogens with one attached hydrogen (secondary N) is 1. The molecule has 1 amide bonds. The molecule has 1 aromatic rings. The molecule has 0 aliphatic rings. The third-order valence-corrected chi connectivity index (χ3v) is 2.71. The second-order valence-electron chi connectivity index (χ2n) is 4.16. The van der Waals surface area contributed by atoms with Crippen molar-refractivity contribution in [1.82, 2.24) is 5.32 Å². The molecule has 0 aliphatic heterocycles. The lowest BCUT2D eigenvalue weighted by Crippen LogP contribution is -2.41. The lowest BCUT2D eigenvalue weighted by atomic mass is 10.1. The summed E-state index contributed by atoms with van der Waals surface area (Å²) in [7, 11) is 0. The zero-order chi connectivity index (χ0) is 12.1. The summed E-state index contributed by atoms with van der Waals surface area (Å²) in [5.74, 6) is -0.0874. The lowest BCUT2D eigenvalue weighted by Gasteiger charge is -2.17. The molecule has 0 aromatic heterocycles. The minimum atomic E-state index is -0.409. The first kappa shape index (κ1) is 12.7. The van der Waals surface area contributed by atoms with Crippen LogP contribution in [0.1, 0.15) is 37.4 Å². The third-order valence-electron chi connectivity index (χ3n) is 2.71. The number of nitrogens with two attached hydrogens (primary N) is 1. The van der Waals surface area contributed by atoms with Crippen molar-refractivity contribution in [2.45, 2.75) is 39.3 Å². The second-order valence-corrected chi connectivity index (χ2v) is 4.16. The molecule has 0 aliphatic carbocycles. The van der Waals surface area contributed by atoms with Gasteiger partial charge in [0.25, 0.3) is 0 Å². The summed E-state index contributed by atoms with van der Waals surface area (Å²) in [4.78, 5) is 11.6. The summed E-state index contributed by atoms with van der Waals surface area (Å²) in [5, 5.41) is 2.90. The van der Waals surface area contributed by atoms with Gasteiger partial charge in [-0.2, -0.15) is 0 Å². The van der Waals surface area contributed by atoms with Crippen molar-refractivity contribution in [3.63, 3.8) is 0 Å². The van der Waals surface area contributed by atoms with Gasteiger partial charge in [-0.25, -0.2) is 0 Å². The van der Waals surface area contributed by atoms with Crippen molar-refractivity contribution in [1.29, 1.82) is 0 Å². The monoisotopic (exact) mass is 220 g/mol. The van der Waals surface area contributed by atoms with Crippen LogP contribution in [0, 0.1) is 6.92 Å². The normalized spacial score (nSPS) is 14.2. The van der Waals surface area contributed by atoms with Gasteiger partial charge in [0, 0.05) is 0 Å². The van der Waals surface area contributed by atoms with Crippen molar-refractivity contribution < 1.29 is 4.79 Å². The van der Waals surface area contributed by atoms with E-state index in [1.165, 1.54) is 5.56 Å². The summed E-state index contributed by atoms with van der Waals surface area (Å²) in [6.45, 7) is 5.91. The Bertz CT molecular complexity index is 345. The Kier molecular flexibility index (Phi) is 4.50. The zero-order valence-electron chi connectivity index (χ0n) is 10.2. The van der Waals surface area contributed by atoms with Crippen LogP contribution in [0.5, 0.6) is 0 Å². The van der Waals surface area contributed by atoms with Crippen molar-refractivity contribution in [2.24, 2.45) is 5.73 Å². The number of rotatable bonds is 4. The number of carbonyl (C=O) groups is 1. The molecule has 1 rings (SSSR count). The molecule has 0 bridgehead atoms. The third kappa shape index (κ3) is 3.35. The highest BCUT2D eigenvalue weighted by molar-refractivity contribution is 5.81. The fourth-order valence-electron chi connectivity index (χ4n) is 1.44. The Morgan fingerprint density at radius 3 is 2.44 bits per heavy atom. The Morgan fingerprint density at radius 1 is 1.38 bits per heavy atom. The molecule has 3 N–H and O–H groups in total. The largest absolute Gasteiger partial charge is 0.348 e. The van der Waals surface area contributed by atoms with E-state index >= 15 is 0 Å². The summed E-state index contributed by atoms with van der Waals surface area (Å²) in [6.07, 6.45) is 0.659. The van der Waals surface area contributed by atoms with Crippen LogP contribution in [-0.2, 0) is 4.79 Å². The van der Waals surface area contributed by atoms with Gasteiger partial charge in [-0.3, -0.25) is 4.79 Å². The fourth-order valence-corrected chi connectivity index (χ4v) is 1.44. The molecule has 16 heavy (non-hydrogen) atoms. The van der Waals surface area contributed by atoms with E-state index in [2.05, 4.69) is 5.32 Å². The number of amides is 1. The molecule has 0 saturated heterocycles. The molecule has 0 heterocycles. The van der Waals surface area contributed by atoms with Crippen LogP contribution >= 0.6 is 0 Å². The van der Waals surface area contributed by atoms with E-state index in [0.29, 0.717) is 6.42 Å². The molecule has 2 atom stereocenters. The van der Waals surface area contributed by atoms with Crippen LogP contribution in [0.4, 0.5) is 0 Å². The predicted octanol–water partition coefficient (Wildman–Crippen LogP) is 1.91. The van der Waals surface area contributed by atoms with Gasteiger partial charge in [-0.05, 0) is 25.8 Å². The smallest absolute Gasteiger partial charge is 0.237 e. The predicted molar refractivity (Wildman–Crippen MR) is 66.0 cm³/mol. The highest BCUT2D eigenvalue weighted by Gasteiger charge is 2.14. The van der Waals surface area contributed by atoms with Crippen LogP contribution in [0.3, 0.4) is 0 Å². The van der Waals surface area contributed by atoms with Crippen LogP contribution in [-0.4, -0.2) is 11.9 Å². The van der Waals surface area contributed by atoms with E-state index < -0.39 is 6.04 Å². The summed E-state index contributed by atoms with van der Waals surface area (Å²) >= 11 is 0. The topological polar surface area (TPSA) is 55.1 Å². The van der Waals surface area contributed by atoms with Gasteiger partial charge in [-0.15, -0.1) is 0 Å². The summed E-state index contributed by atoms with van der Waals surface area (Å²) in [5.41, 5.74) is 7.97. The molecule has 0 saturated carbocycles. The minimum absolute atomic E-state index is 0.00528. The molecule has 0 spiro atoms. The molecule has 3 nitrogen and oxygen atoms in total. The lowest BCUT2D eigenvalue weighted by molar-refractivity contribution is -0.123. The molecule has 88 valence electrons. The average molecular weight is 220 g/mol. The highest BCUT2D eigenvalue weighted by Crippen LogP contribution is 2.13. The van der Waals surface area contributed by atoms with Crippen LogP contribution in [0.25, 0.3) is 0 Å². The van der Waals surface area contributed by atoms with Gasteiger partial charge in [0.2, 0.25) is 5.91 Å². The van der Waals surface area contributed by atoms with Crippen molar-refractivity contribution in [3.8, 4) is 0 Å². The van der Waals surface area contributed by atoms with Gasteiger partial charge in [0.1, 0.15) is 0 Å². The van der Waals surface area contributed by atoms with E-state index in [0.717, 1.165) is 5.56 Å².